The third-order valence-corrected chi connectivity index (χ3v) is 5.67. The van der Waals surface area contributed by atoms with Crippen LogP contribution < -0.4 is 15.4 Å². The van der Waals surface area contributed by atoms with Gasteiger partial charge in [0.05, 0.1) is 5.69 Å². The number of nitrogens with zero attached hydrogens (tertiary/aromatic N) is 2. The van der Waals surface area contributed by atoms with E-state index in [1.807, 2.05) is 17.9 Å². The predicted octanol–water partition coefficient (Wildman–Crippen LogP) is 4.41. The Morgan fingerprint density at radius 3 is 2.29 bits per heavy atom. The molecular weight excluding hydrogens is 410 g/mol. The van der Waals surface area contributed by atoms with Gasteiger partial charge < -0.3 is 15.4 Å². The average Bonchev–Trinajstić information content (AvgIpc) is 2.73. The van der Waals surface area contributed by atoms with Gasteiger partial charge in [-0.2, -0.15) is 13.2 Å². The lowest BCUT2D eigenvalue weighted by molar-refractivity contribution is -0.153. The molecular formula is C23H29F4N3O. The van der Waals surface area contributed by atoms with Gasteiger partial charge in [0.2, 0.25) is 0 Å². The van der Waals surface area contributed by atoms with Crippen LogP contribution in [-0.2, 0) is 0 Å². The first-order valence-corrected chi connectivity index (χ1v) is 10.5. The van der Waals surface area contributed by atoms with E-state index in [-0.39, 0.29) is 23.5 Å². The second-order valence-electron chi connectivity index (χ2n) is 7.98. The topological polar surface area (TPSA) is 41.7 Å². The minimum atomic E-state index is -4.37. The maximum atomic E-state index is 14.2. The number of nitrogens with two attached hydrogens (primary N) is 1. The summed E-state index contributed by atoms with van der Waals surface area (Å²) in [6, 6.07) is 13.4. The van der Waals surface area contributed by atoms with Gasteiger partial charge in [0, 0.05) is 38.1 Å². The molecule has 0 amide bonds. The first kappa shape index (κ1) is 23.3. The molecule has 0 unspecified atom stereocenters. The lowest BCUT2D eigenvalue weighted by Crippen LogP contribution is -2.47. The molecule has 0 aliphatic carbocycles. The van der Waals surface area contributed by atoms with Crippen LogP contribution in [0, 0.1) is 5.82 Å². The van der Waals surface area contributed by atoms with E-state index in [9.17, 15) is 17.6 Å². The fourth-order valence-corrected chi connectivity index (χ4v) is 4.01. The van der Waals surface area contributed by atoms with E-state index >= 15 is 0 Å². The van der Waals surface area contributed by atoms with Crippen molar-refractivity contribution in [2.75, 3.05) is 44.2 Å². The van der Waals surface area contributed by atoms with Crippen molar-refractivity contribution in [2.45, 2.75) is 31.5 Å². The summed E-state index contributed by atoms with van der Waals surface area (Å²) in [6.45, 7) is 4.24. The van der Waals surface area contributed by atoms with Crippen LogP contribution >= 0.6 is 0 Å². The fraction of sp³-hybridized carbons (Fsp3) is 0.478. The molecule has 0 bridgehead atoms. The van der Waals surface area contributed by atoms with Gasteiger partial charge in [0.25, 0.3) is 0 Å². The number of benzene rings is 2. The number of alkyl halides is 3. The molecule has 2 aromatic carbocycles. The molecule has 1 fully saturated rings. The van der Waals surface area contributed by atoms with E-state index in [2.05, 4.69) is 4.90 Å². The van der Waals surface area contributed by atoms with Crippen LogP contribution in [0.2, 0.25) is 0 Å². The maximum Gasteiger partial charge on any atom is 0.422 e. The molecule has 1 saturated heterocycles. The van der Waals surface area contributed by atoms with Crippen molar-refractivity contribution in [3.63, 3.8) is 0 Å². The van der Waals surface area contributed by atoms with Crippen molar-refractivity contribution in [1.29, 1.82) is 0 Å². The van der Waals surface area contributed by atoms with Crippen LogP contribution in [0.5, 0.6) is 5.75 Å². The van der Waals surface area contributed by atoms with E-state index in [4.69, 9.17) is 10.5 Å². The lowest BCUT2D eigenvalue weighted by Gasteiger charge is -2.37. The molecule has 0 radical (unpaired) electrons. The molecule has 31 heavy (non-hydrogen) atoms. The summed E-state index contributed by atoms with van der Waals surface area (Å²) < 4.78 is 56.9. The number of anilines is 1. The summed E-state index contributed by atoms with van der Waals surface area (Å²) >= 11 is 0. The number of para-hydroxylation sites is 2. The third-order valence-electron chi connectivity index (χ3n) is 5.67. The van der Waals surface area contributed by atoms with Gasteiger partial charge in [-0.3, -0.25) is 4.90 Å². The predicted molar refractivity (Wildman–Crippen MR) is 114 cm³/mol. The van der Waals surface area contributed by atoms with Crippen LogP contribution in [0.1, 0.15) is 24.8 Å². The Hall–Kier alpha value is -2.32. The summed E-state index contributed by atoms with van der Waals surface area (Å²) in [4.78, 5) is 4.33. The van der Waals surface area contributed by atoms with Gasteiger partial charge in [-0.1, -0.05) is 30.3 Å². The number of piperazine rings is 1. The Bertz CT molecular complexity index is 836. The summed E-state index contributed by atoms with van der Waals surface area (Å²) in [6.07, 6.45) is -3.63. The van der Waals surface area contributed by atoms with Gasteiger partial charge in [-0.15, -0.1) is 0 Å². The van der Waals surface area contributed by atoms with Gasteiger partial charge in [0.15, 0.2) is 6.61 Å². The molecule has 0 saturated carbocycles. The molecule has 1 aliphatic rings. The molecule has 3 rings (SSSR count). The summed E-state index contributed by atoms with van der Waals surface area (Å²) in [7, 11) is 0. The van der Waals surface area contributed by atoms with E-state index in [1.165, 1.54) is 6.07 Å². The summed E-state index contributed by atoms with van der Waals surface area (Å²) in [5.41, 5.74) is 7.46. The number of halogens is 4. The maximum absolute atomic E-state index is 14.2. The molecule has 8 heteroatoms. The number of hydrogen-bond donors (Lipinski definition) is 1. The molecule has 170 valence electrons. The standard InChI is InChI=1S/C23H29F4N3O/c1-17(28)18(19-6-2-3-7-20(19)24)10-11-29-12-14-30(15-13-29)21-8-4-5-9-22(21)31-16-23(25,26)27/h2-9,17-18H,10-16,28H2,1H3/t17-,18+/m1/s1. The highest BCUT2D eigenvalue weighted by molar-refractivity contribution is 5.58. The van der Waals surface area contributed by atoms with Gasteiger partial charge >= 0.3 is 6.18 Å². The number of hydrogen-bond acceptors (Lipinski definition) is 4. The molecule has 0 spiro atoms. The lowest BCUT2D eigenvalue weighted by atomic mass is 9.89. The number of ether oxygens (including phenoxy) is 1. The monoisotopic (exact) mass is 439 g/mol. The Morgan fingerprint density at radius 2 is 1.65 bits per heavy atom. The second kappa shape index (κ2) is 10.3. The molecule has 0 aromatic heterocycles. The second-order valence-corrected chi connectivity index (χ2v) is 7.98. The number of rotatable bonds is 8. The first-order valence-electron chi connectivity index (χ1n) is 10.5. The molecule has 1 heterocycles. The van der Waals surface area contributed by atoms with E-state index in [0.717, 1.165) is 26.1 Å². The zero-order chi connectivity index (χ0) is 22.4. The van der Waals surface area contributed by atoms with Gasteiger partial charge in [0.1, 0.15) is 11.6 Å². The van der Waals surface area contributed by atoms with E-state index < -0.39 is 12.8 Å². The zero-order valence-corrected chi connectivity index (χ0v) is 17.6. The van der Waals surface area contributed by atoms with Crippen molar-refractivity contribution < 1.29 is 22.3 Å². The smallest absolute Gasteiger partial charge is 0.422 e. The Balaban J connectivity index is 1.56. The Morgan fingerprint density at radius 1 is 1.00 bits per heavy atom. The molecule has 4 nitrogen and oxygen atoms in total. The van der Waals surface area contributed by atoms with Crippen molar-refractivity contribution >= 4 is 5.69 Å². The van der Waals surface area contributed by atoms with Crippen LogP contribution in [-0.4, -0.2) is 56.4 Å². The minimum Gasteiger partial charge on any atom is -0.482 e. The van der Waals surface area contributed by atoms with Crippen molar-refractivity contribution in [1.82, 2.24) is 4.90 Å². The van der Waals surface area contributed by atoms with Crippen LogP contribution in [0.15, 0.2) is 48.5 Å². The van der Waals surface area contributed by atoms with Crippen LogP contribution in [0.4, 0.5) is 23.2 Å². The zero-order valence-electron chi connectivity index (χ0n) is 17.6. The van der Waals surface area contributed by atoms with Crippen LogP contribution in [0.25, 0.3) is 0 Å². The quantitative estimate of drug-likeness (QED) is 0.619. The molecule has 1 aliphatic heterocycles. The van der Waals surface area contributed by atoms with E-state index in [1.54, 1.807) is 36.4 Å². The molecule has 2 atom stereocenters. The van der Waals surface area contributed by atoms with Gasteiger partial charge in [-0.25, -0.2) is 4.39 Å². The van der Waals surface area contributed by atoms with E-state index in [0.29, 0.717) is 24.3 Å². The Kier molecular flexibility index (Phi) is 7.78. The summed E-state index contributed by atoms with van der Waals surface area (Å²) in [5.74, 6) is -0.0642. The SMILES string of the molecule is C[C@@H](N)[C@H](CCN1CCN(c2ccccc2OCC(F)(F)F)CC1)c1ccccc1F. The van der Waals surface area contributed by atoms with Crippen LogP contribution in [0.3, 0.4) is 0 Å². The normalized spacial score (nSPS) is 17.4. The average molecular weight is 439 g/mol. The third kappa shape index (κ3) is 6.58. The fourth-order valence-electron chi connectivity index (χ4n) is 4.01. The van der Waals surface area contributed by atoms with Crippen molar-refractivity contribution in [3.8, 4) is 5.75 Å². The van der Waals surface area contributed by atoms with Crippen molar-refractivity contribution in [2.24, 2.45) is 5.73 Å². The highest BCUT2D eigenvalue weighted by Crippen LogP contribution is 2.31. The molecule has 2 aromatic rings. The highest BCUT2D eigenvalue weighted by Gasteiger charge is 2.29. The minimum absolute atomic E-state index is 0.0734. The highest BCUT2D eigenvalue weighted by atomic mass is 19.4. The largest absolute Gasteiger partial charge is 0.482 e. The Labute approximate surface area is 180 Å². The summed E-state index contributed by atoms with van der Waals surface area (Å²) in [5, 5.41) is 0. The molecule has 2 N–H and O–H groups in total. The van der Waals surface area contributed by atoms with Gasteiger partial charge in [-0.05, 0) is 43.7 Å². The first-order chi connectivity index (χ1) is 14.7. The van der Waals surface area contributed by atoms with Crippen molar-refractivity contribution in [3.05, 3.63) is 59.9 Å².